The van der Waals surface area contributed by atoms with Gasteiger partial charge in [0.05, 0.1) is 26.3 Å². The zero-order chi connectivity index (χ0) is 20.2. The average molecular weight is 411 g/mol. The lowest BCUT2D eigenvalue weighted by atomic mass is 9.98. The van der Waals surface area contributed by atoms with E-state index in [0.717, 1.165) is 23.4 Å². The smallest absolute Gasteiger partial charge is 0.228 e. The Morgan fingerprint density at radius 1 is 1.17 bits per heavy atom. The van der Waals surface area contributed by atoms with Crippen molar-refractivity contribution < 1.29 is 14.3 Å². The molecule has 0 saturated carbocycles. The largest absolute Gasteiger partial charge is 0.493 e. The monoisotopic (exact) mass is 411 g/mol. The Hall–Kier alpha value is -3.20. The van der Waals surface area contributed by atoms with Crippen LogP contribution in [0.2, 0.25) is 0 Å². The number of thiazole rings is 1. The zero-order valence-electron chi connectivity index (χ0n) is 16.2. The highest BCUT2D eigenvalue weighted by Crippen LogP contribution is 2.33. The van der Waals surface area contributed by atoms with E-state index in [-0.39, 0.29) is 12.3 Å². The van der Waals surface area contributed by atoms with Gasteiger partial charge in [-0.2, -0.15) is 0 Å². The topological polar surface area (TPSA) is 89.5 Å². The third-order valence-electron chi connectivity index (χ3n) is 4.74. The number of benzene rings is 1. The lowest BCUT2D eigenvalue weighted by Crippen LogP contribution is -2.37. The third-order valence-corrected chi connectivity index (χ3v) is 5.55. The van der Waals surface area contributed by atoms with Gasteiger partial charge in [-0.3, -0.25) is 4.79 Å². The fourth-order valence-corrected chi connectivity index (χ4v) is 3.97. The molecule has 8 nitrogen and oxygen atoms in total. The molecule has 3 heterocycles. The van der Waals surface area contributed by atoms with Crippen LogP contribution in [0.5, 0.6) is 11.5 Å². The van der Waals surface area contributed by atoms with E-state index in [1.807, 2.05) is 22.4 Å². The first kappa shape index (κ1) is 19.1. The van der Waals surface area contributed by atoms with Gasteiger partial charge in [-0.25, -0.2) is 15.0 Å². The molecule has 0 radical (unpaired) electrons. The van der Waals surface area contributed by atoms with Crippen LogP contribution in [0.4, 0.5) is 11.1 Å². The van der Waals surface area contributed by atoms with E-state index >= 15 is 0 Å². The molecule has 0 atom stereocenters. The van der Waals surface area contributed by atoms with Gasteiger partial charge in [-0.15, -0.1) is 11.3 Å². The number of carbonyl (C=O) groups is 1. The molecule has 1 aliphatic heterocycles. The van der Waals surface area contributed by atoms with Crippen LogP contribution in [0.15, 0.2) is 36.0 Å². The summed E-state index contributed by atoms with van der Waals surface area (Å²) in [7, 11) is 3.24. The van der Waals surface area contributed by atoms with Crippen LogP contribution in [0.25, 0.3) is 0 Å². The third kappa shape index (κ3) is 4.29. The van der Waals surface area contributed by atoms with Gasteiger partial charge in [-0.1, -0.05) is 0 Å². The van der Waals surface area contributed by atoms with E-state index in [4.69, 9.17) is 9.47 Å². The minimum Gasteiger partial charge on any atom is -0.493 e. The summed E-state index contributed by atoms with van der Waals surface area (Å²) >= 11 is 1.43. The Morgan fingerprint density at radius 3 is 2.62 bits per heavy atom. The zero-order valence-corrected chi connectivity index (χ0v) is 17.0. The first-order chi connectivity index (χ1) is 14.2. The van der Waals surface area contributed by atoms with Crippen molar-refractivity contribution in [1.82, 2.24) is 19.9 Å². The predicted octanol–water partition coefficient (Wildman–Crippen LogP) is 2.82. The van der Waals surface area contributed by atoms with E-state index in [1.165, 1.54) is 16.9 Å². The number of amides is 1. The molecule has 0 aliphatic carbocycles. The van der Waals surface area contributed by atoms with Crippen molar-refractivity contribution in [1.29, 1.82) is 0 Å². The number of anilines is 2. The van der Waals surface area contributed by atoms with Crippen molar-refractivity contribution in [3.8, 4) is 11.5 Å². The van der Waals surface area contributed by atoms with Crippen LogP contribution in [0, 0.1) is 0 Å². The second kappa shape index (κ2) is 8.44. The van der Waals surface area contributed by atoms with E-state index in [1.54, 1.807) is 32.7 Å². The molecule has 4 rings (SSSR count). The van der Waals surface area contributed by atoms with E-state index < -0.39 is 0 Å². The molecule has 0 unspecified atom stereocenters. The van der Waals surface area contributed by atoms with Crippen molar-refractivity contribution in [3.63, 3.8) is 0 Å². The first-order valence-electron chi connectivity index (χ1n) is 9.16. The van der Waals surface area contributed by atoms with Crippen molar-refractivity contribution >= 4 is 28.3 Å². The second-order valence-electron chi connectivity index (χ2n) is 6.56. The maximum absolute atomic E-state index is 12.8. The summed E-state index contributed by atoms with van der Waals surface area (Å²) in [6.45, 7) is 1.23. The van der Waals surface area contributed by atoms with Crippen LogP contribution < -0.4 is 14.8 Å². The average Bonchev–Trinajstić information content (AvgIpc) is 3.19. The second-order valence-corrected chi connectivity index (χ2v) is 7.42. The number of nitrogens with zero attached hydrogens (tertiary/aromatic N) is 4. The fourth-order valence-electron chi connectivity index (χ4n) is 3.27. The molecule has 0 saturated heterocycles. The number of methoxy groups -OCH3 is 2. The molecule has 9 heteroatoms. The number of fused-ring (bicyclic) bond motifs is 1. The van der Waals surface area contributed by atoms with E-state index in [0.29, 0.717) is 29.9 Å². The van der Waals surface area contributed by atoms with E-state index in [2.05, 4.69) is 20.3 Å². The summed E-state index contributed by atoms with van der Waals surface area (Å²) in [4.78, 5) is 27.4. The van der Waals surface area contributed by atoms with Crippen LogP contribution in [-0.4, -0.2) is 46.5 Å². The summed E-state index contributed by atoms with van der Waals surface area (Å²) in [6.07, 6.45) is 4.37. The SMILES string of the molecule is COc1cc2c(cc1OC)CN(C(=O)Cc1csc(Nc3ncccn3)n1)CC2. The van der Waals surface area contributed by atoms with Crippen molar-refractivity contribution in [2.24, 2.45) is 0 Å². The van der Waals surface area contributed by atoms with Crippen LogP contribution in [-0.2, 0) is 24.2 Å². The Morgan fingerprint density at radius 2 is 1.90 bits per heavy atom. The van der Waals surface area contributed by atoms with Gasteiger partial charge in [0.2, 0.25) is 11.9 Å². The highest BCUT2D eigenvalue weighted by Gasteiger charge is 2.23. The molecule has 29 heavy (non-hydrogen) atoms. The molecular formula is C20H21N5O3S. The first-order valence-corrected chi connectivity index (χ1v) is 10.0. The molecule has 1 N–H and O–H groups in total. The number of hydrogen-bond acceptors (Lipinski definition) is 8. The van der Waals surface area contributed by atoms with Crippen molar-refractivity contribution in [2.75, 3.05) is 26.1 Å². The lowest BCUT2D eigenvalue weighted by Gasteiger charge is -2.29. The molecule has 0 spiro atoms. The summed E-state index contributed by atoms with van der Waals surface area (Å²) in [5, 5.41) is 5.60. The summed E-state index contributed by atoms with van der Waals surface area (Å²) in [6, 6.07) is 5.71. The minimum absolute atomic E-state index is 0.0539. The molecule has 2 aromatic heterocycles. The maximum Gasteiger partial charge on any atom is 0.228 e. The van der Waals surface area contributed by atoms with Gasteiger partial charge >= 0.3 is 0 Å². The summed E-state index contributed by atoms with van der Waals surface area (Å²) < 4.78 is 10.8. The number of nitrogens with one attached hydrogen (secondary N) is 1. The van der Waals surface area contributed by atoms with Gasteiger partial charge in [-0.05, 0) is 35.7 Å². The van der Waals surface area contributed by atoms with Crippen LogP contribution in [0.1, 0.15) is 16.8 Å². The number of rotatable bonds is 6. The molecule has 1 aromatic carbocycles. The molecular weight excluding hydrogens is 390 g/mol. The Kier molecular flexibility index (Phi) is 5.57. The van der Waals surface area contributed by atoms with Crippen LogP contribution in [0.3, 0.4) is 0 Å². The minimum atomic E-state index is 0.0539. The highest BCUT2D eigenvalue weighted by molar-refractivity contribution is 7.13. The van der Waals surface area contributed by atoms with Gasteiger partial charge < -0.3 is 19.7 Å². The summed E-state index contributed by atoms with van der Waals surface area (Å²) in [5.41, 5.74) is 3.01. The number of ether oxygens (including phenoxy) is 2. The Bertz CT molecular complexity index is 1010. The van der Waals surface area contributed by atoms with Crippen LogP contribution >= 0.6 is 11.3 Å². The van der Waals surface area contributed by atoms with Gasteiger partial charge in [0.25, 0.3) is 0 Å². The number of aromatic nitrogens is 3. The molecule has 0 bridgehead atoms. The highest BCUT2D eigenvalue weighted by atomic mass is 32.1. The Labute approximate surface area is 172 Å². The van der Waals surface area contributed by atoms with Gasteiger partial charge in [0.15, 0.2) is 16.6 Å². The molecule has 1 amide bonds. The molecule has 1 aliphatic rings. The van der Waals surface area contributed by atoms with Crippen molar-refractivity contribution in [3.05, 3.63) is 52.8 Å². The molecule has 0 fully saturated rings. The van der Waals surface area contributed by atoms with Crippen molar-refractivity contribution in [2.45, 2.75) is 19.4 Å². The number of hydrogen-bond donors (Lipinski definition) is 1. The Balaban J connectivity index is 1.41. The maximum atomic E-state index is 12.8. The van der Waals surface area contributed by atoms with E-state index in [9.17, 15) is 4.79 Å². The number of carbonyl (C=O) groups excluding carboxylic acids is 1. The normalized spacial score (nSPS) is 13.0. The predicted molar refractivity (Wildman–Crippen MR) is 110 cm³/mol. The fraction of sp³-hybridized carbons (Fsp3) is 0.300. The lowest BCUT2D eigenvalue weighted by molar-refractivity contribution is -0.131. The quantitative estimate of drug-likeness (QED) is 0.667. The standard InChI is InChI=1S/C20H21N5O3S/c1-27-16-8-13-4-7-25(11-14(13)9-17(16)28-2)18(26)10-15-12-29-20(23-15)24-19-21-5-3-6-22-19/h3,5-6,8-9,12H,4,7,10-11H2,1-2H3,(H,21,22,23,24). The van der Waals surface area contributed by atoms with Gasteiger partial charge in [0, 0.05) is 30.9 Å². The molecule has 3 aromatic rings. The van der Waals surface area contributed by atoms with Gasteiger partial charge in [0.1, 0.15) is 0 Å². The molecule has 150 valence electrons. The summed E-state index contributed by atoms with van der Waals surface area (Å²) in [5.74, 6) is 1.94.